The minimum Gasteiger partial charge on any atom is -0.307 e. The first kappa shape index (κ1) is 14.7. The third-order valence-corrected chi connectivity index (χ3v) is 4.22. The van der Waals surface area contributed by atoms with Gasteiger partial charge in [0.2, 0.25) is 0 Å². The van der Waals surface area contributed by atoms with E-state index in [1.807, 2.05) is 22.9 Å². The van der Waals surface area contributed by atoms with E-state index in [9.17, 15) is 8.42 Å². The summed E-state index contributed by atoms with van der Waals surface area (Å²) in [4.78, 5) is 0.352. The fourth-order valence-corrected chi connectivity index (χ4v) is 2.61. The second kappa shape index (κ2) is 6.19. The maximum Gasteiger partial charge on any atom is 0.175 e. The molecule has 2 rings (SSSR count). The predicted molar refractivity (Wildman–Crippen MR) is 78.0 cm³/mol. The molecule has 1 aromatic carbocycles. The largest absolute Gasteiger partial charge is 0.307 e. The van der Waals surface area contributed by atoms with E-state index >= 15 is 0 Å². The lowest BCUT2D eigenvalue weighted by Gasteiger charge is -2.07. The number of hydrogen-bond acceptors (Lipinski definition) is 4. The van der Waals surface area contributed by atoms with E-state index in [1.54, 1.807) is 18.3 Å². The number of hydrogen-bond donors (Lipinski definition) is 1. The molecular formula is C14H19N3O2S. The molecule has 20 heavy (non-hydrogen) atoms. The Labute approximate surface area is 119 Å². The van der Waals surface area contributed by atoms with Crippen LogP contribution in [0.1, 0.15) is 18.2 Å². The monoisotopic (exact) mass is 293 g/mol. The first-order valence-corrected chi connectivity index (χ1v) is 8.40. The molecule has 0 aliphatic heterocycles. The topological polar surface area (TPSA) is 64.0 Å². The van der Waals surface area contributed by atoms with Crippen LogP contribution in [-0.2, 0) is 29.5 Å². The van der Waals surface area contributed by atoms with E-state index in [-0.39, 0.29) is 0 Å². The molecule has 6 heteroatoms. The van der Waals surface area contributed by atoms with E-state index in [1.165, 1.54) is 6.26 Å². The molecule has 0 amide bonds. The smallest absolute Gasteiger partial charge is 0.175 e. The van der Waals surface area contributed by atoms with Gasteiger partial charge in [-0.2, -0.15) is 5.10 Å². The van der Waals surface area contributed by atoms with Gasteiger partial charge >= 0.3 is 0 Å². The van der Waals surface area contributed by atoms with Gasteiger partial charge in [0.15, 0.2) is 9.84 Å². The Bertz CT molecular complexity index is 660. The van der Waals surface area contributed by atoms with E-state index in [4.69, 9.17) is 0 Å². The third kappa shape index (κ3) is 3.68. The lowest BCUT2D eigenvalue weighted by Crippen LogP contribution is -2.16. The van der Waals surface area contributed by atoms with Crippen LogP contribution in [0.2, 0.25) is 0 Å². The number of nitrogens with one attached hydrogen (secondary N) is 1. The van der Waals surface area contributed by atoms with Crippen molar-refractivity contribution in [3.63, 3.8) is 0 Å². The van der Waals surface area contributed by atoms with Crippen LogP contribution in [0.15, 0.2) is 41.4 Å². The first-order chi connectivity index (χ1) is 9.50. The molecule has 1 heterocycles. The van der Waals surface area contributed by atoms with Gasteiger partial charge in [0.1, 0.15) is 0 Å². The van der Waals surface area contributed by atoms with Gasteiger partial charge in [-0.25, -0.2) is 8.42 Å². The molecule has 5 nitrogen and oxygen atoms in total. The van der Waals surface area contributed by atoms with Crippen molar-refractivity contribution in [3.8, 4) is 0 Å². The lowest BCUT2D eigenvalue weighted by molar-refractivity contribution is 0.581. The number of benzene rings is 1. The van der Waals surface area contributed by atoms with Crippen LogP contribution >= 0.6 is 0 Å². The Kier molecular flexibility index (Phi) is 4.57. The summed E-state index contributed by atoms with van der Waals surface area (Å²) in [5.41, 5.74) is 2.19. The summed E-state index contributed by atoms with van der Waals surface area (Å²) in [5.74, 6) is 0. The highest BCUT2D eigenvalue weighted by Crippen LogP contribution is 2.10. The predicted octanol–water partition coefficient (Wildman–Crippen LogP) is 1.60. The van der Waals surface area contributed by atoms with Gasteiger partial charge in [0, 0.05) is 32.1 Å². The molecule has 0 spiro atoms. The van der Waals surface area contributed by atoms with Crippen LogP contribution in [0.25, 0.3) is 0 Å². The van der Waals surface area contributed by atoms with Crippen LogP contribution in [0, 0.1) is 0 Å². The number of sulfone groups is 1. The Morgan fingerprint density at radius 3 is 2.45 bits per heavy atom. The minimum absolute atomic E-state index is 0.352. The highest BCUT2D eigenvalue weighted by Gasteiger charge is 2.06. The Morgan fingerprint density at radius 1 is 1.15 bits per heavy atom. The molecular weight excluding hydrogens is 274 g/mol. The molecule has 2 aromatic rings. The van der Waals surface area contributed by atoms with E-state index in [0.717, 1.165) is 24.3 Å². The normalized spacial score (nSPS) is 11.7. The number of rotatable bonds is 6. The Balaban J connectivity index is 1.92. The lowest BCUT2D eigenvalue weighted by atomic mass is 10.2. The Morgan fingerprint density at radius 2 is 1.85 bits per heavy atom. The van der Waals surface area contributed by atoms with E-state index < -0.39 is 9.84 Å². The Hall–Kier alpha value is -1.66. The summed E-state index contributed by atoms with van der Waals surface area (Å²) in [6.45, 7) is 4.34. The molecule has 1 aromatic heterocycles. The molecule has 0 aliphatic rings. The molecule has 1 N–H and O–H groups in total. The van der Waals surface area contributed by atoms with Crippen molar-refractivity contribution < 1.29 is 8.42 Å². The standard InChI is InChI=1S/C14H19N3O2S/c1-3-17-13(8-9-16-17)11-15-10-12-4-6-14(7-5-12)20(2,18)19/h4-9,15H,3,10-11H2,1-2H3. The summed E-state index contributed by atoms with van der Waals surface area (Å²) >= 11 is 0. The highest BCUT2D eigenvalue weighted by molar-refractivity contribution is 7.90. The minimum atomic E-state index is -3.12. The third-order valence-electron chi connectivity index (χ3n) is 3.09. The fourth-order valence-electron chi connectivity index (χ4n) is 1.98. The van der Waals surface area contributed by atoms with Gasteiger partial charge in [-0.3, -0.25) is 4.68 Å². The summed E-state index contributed by atoms with van der Waals surface area (Å²) in [5, 5.41) is 7.54. The van der Waals surface area contributed by atoms with E-state index in [0.29, 0.717) is 11.4 Å². The number of aromatic nitrogens is 2. The van der Waals surface area contributed by atoms with Crippen molar-refractivity contribution in [1.29, 1.82) is 0 Å². The SMILES string of the molecule is CCn1nccc1CNCc1ccc(S(C)(=O)=O)cc1. The average Bonchev–Trinajstić information content (AvgIpc) is 2.86. The molecule has 0 radical (unpaired) electrons. The van der Waals surface area contributed by atoms with Gasteiger partial charge in [0.25, 0.3) is 0 Å². The van der Waals surface area contributed by atoms with Crippen LogP contribution in [0.4, 0.5) is 0 Å². The van der Waals surface area contributed by atoms with E-state index in [2.05, 4.69) is 17.3 Å². The first-order valence-electron chi connectivity index (χ1n) is 6.51. The van der Waals surface area contributed by atoms with Crippen molar-refractivity contribution in [2.45, 2.75) is 31.5 Å². The van der Waals surface area contributed by atoms with Crippen LogP contribution in [-0.4, -0.2) is 24.5 Å². The van der Waals surface area contributed by atoms with Gasteiger partial charge in [-0.1, -0.05) is 12.1 Å². The molecule has 0 unspecified atom stereocenters. The molecule has 0 bridgehead atoms. The maximum absolute atomic E-state index is 11.4. The molecule has 0 saturated carbocycles. The summed E-state index contributed by atoms with van der Waals surface area (Å²) in [6.07, 6.45) is 3.01. The van der Waals surface area contributed by atoms with Crippen LogP contribution < -0.4 is 5.32 Å². The summed E-state index contributed by atoms with van der Waals surface area (Å²) in [6, 6.07) is 8.94. The van der Waals surface area contributed by atoms with Crippen LogP contribution in [0.5, 0.6) is 0 Å². The summed E-state index contributed by atoms with van der Waals surface area (Å²) in [7, 11) is -3.12. The van der Waals surface area contributed by atoms with Crippen molar-refractivity contribution in [3.05, 3.63) is 47.8 Å². The van der Waals surface area contributed by atoms with Crippen molar-refractivity contribution in [1.82, 2.24) is 15.1 Å². The van der Waals surface area contributed by atoms with Crippen LogP contribution in [0.3, 0.4) is 0 Å². The highest BCUT2D eigenvalue weighted by atomic mass is 32.2. The zero-order valence-electron chi connectivity index (χ0n) is 11.7. The molecule has 0 fully saturated rings. The van der Waals surface area contributed by atoms with Gasteiger partial charge < -0.3 is 5.32 Å². The van der Waals surface area contributed by atoms with Gasteiger partial charge in [0.05, 0.1) is 10.6 Å². The second-order valence-electron chi connectivity index (χ2n) is 4.66. The average molecular weight is 293 g/mol. The number of aryl methyl sites for hydroxylation is 1. The van der Waals surface area contributed by atoms with Gasteiger partial charge in [-0.05, 0) is 30.7 Å². The molecule has 108 valence electrons. The second-order valence-corrected chi connectivity index (χ2v) is 6.67. The molecule has 0 saturated heterocycles. The van der Waals surface area contributed by atoms with Gasteiger partial charge in [-0.15, -0.1) is 0 Å². The zero-order chi connectivity index (χ0) is 14.6. The maximum atomic E-state index is 11.4. The zero-order valence-corrected chi connectivity index (χ0v) is 12.5. The van der Waals surface area contributed by atoms with Crippen molar-refractivity contribution >= 4 is 9.84 Å². The summed E-state index contributed by atoms with van der Waals surface area (Å²) < 4.78 is 24.7. The quantitative estimate of drug-likeness (QED) is 0.878. The van der Waals surface area contributed by atoms with Crippen molar-refractivity contribution in [2.24, 2.45) is 0 Å². The number of nitrogens with zero attached hydrogens (tertiary/aromatic N) is 2. The fraction of sp³-hybridized carbons (Fsp3) is 0.357. The molecule has 0 aliphatic carbocycles. The molecule has 0 atom stereocenters. The van der Waals surface area contributed by atoms with Crippen molar-refractivity contribution in [2.75, 3.05) is 6.26 Å².